The van der Waals surface area contributed by atoms with Crippen LogP contribution in [0.3, 0.4) is 0 Å². The summed E-state index contributed by atoms with van der Waals surface area (Å²) in [5, 5.41) is 44.1. The second-order valence-electron chi connectivity index (χ2n) is 12.6. The second kappa shape index (κ2) is 11.9. The molecule has 2 aromatic heterocycles. The summed E-state index contributed by atoms with van der Waals surface area (Å²) >= 11 is 0. The largest absolute Gasteiger partial charge is 0.309 e. The maximum Gasteiger partial charge on any atom is 0.101 e. The Balaban J connectivity index is 1.31. The van der Waals surface area contributed by atoms with Gasteiger partial charge in [0.2, 0.25) is 0 Å². The van der Waals surface area contributed by atoms with Crippen LogP contribution in [-0.4, -0.2) is 9.13 Å². The molecule has 2 heterocycles. The van der Waals surface area contributed by atoms with Crippen molar-refractivity contribution < 1.29 is 0 Å². The molecule has 52 heavy (non-hydrogen) atoms. The molecule has 0 aliphatic rings. The standard InChI is InChI=1S/C46H24N6/c47-25-29-13-18-45-40(21-29)37-9-3-5-11-43(37)51(45)34-16-17-36(35-8-2-1-7-32(35)27-49)39(24-34)31-15-20-42(33(23-31)28-50)52-44-12-6-4-10-38(44)41-22-30(26-48)14-19-46(41)52/h1-24H. The summed E-state index contributed by atoms with van der Waals surface area (Å²) < 4.78 is 4.28. The Morgan fingerprint density at radius 2 is 0.942 bits per heavy atom. The molecule has 9 aromatic rings. The highest BCUT2D eigenvalue weighted by molar-refractivity contribution is 6.11. The molecule has 0 radical (unpaired) electrons. The first kappa shape index (κ1) is 30.2. The number of hydrogen-bond acceptors (Lipinski definition) is 4. The summed E-state index contributed by atoms with van der Waals surface area (Å²) in [6.07, 6.45) is 0. The minimum atomic E-state index is 0.482. The van der Waals surface area contributed by atoms with Crippen molar-refractivity contribution in [2.45, 2.75) is 0 Å². The van der Waals surface area contributed by atoms with Crippen molar-refractivity contribution in [1.82, 2.24) is 9.13 Å². The number of benzene rings is 7. The third kappa shape index (κ3) is 4.54. The van der Waals surface area contributed by atoms with Crippen LogP contribution < -0.4 is 0 Å². The van der Waals surface area contributed by atoms with Gasteiger partial charge in [-0.25, -0.2) is 0 Å². The Morgan fingerprint density at radius 3 is 1.60 bits per heavy atom. The highest BCUT2D eigenvalue weighted by atomic mass is 15.0. The molecule has 0 saturated heterocycles. The average molecular weight is 661 g/mol. The Bertz CT molecular complexity index is 3130. The van der Waals surface area contributed by atoms with Gasteiger partial charge in [-0.1, -0.05) is 66.7 Å². The van der Waals surface area contributed by atoms with E-state index in [9.17, 15) is 21.0 Å². The van der Waals surface area contributed by atoms with Gasteiger partial charge in [-0.05, 0) is 95.6 Å². The highest BCUT2D eigenvalue weighted by Gasteiger charge is 2.20. The van der Waals surface area contributed by atoms with Crippen LogP contribution in [0.5, 0.6) is 0 Å². The van der Waals surface area contributed by atoms with Crippen molar-refractivity contribution in [3.05, 3.63) is 168 Å². The zero-order chi connectivity index (χ0) is 35.3. The lowest BCUT2D eigenvalue weighted by Crippen LogP contribution is -1.99. The fourth-order valence-electron chi connectivity index (χ4n) is 7.57. The maximum absolute atomic E-state index is 10.7. The SMILES string of the molecule is N#Cc1ccc2c(c1)c1ccccc1n2-c1ccc(-c2ccccc2C#N)c(-c2ccc(-n3c4ccccc4c4cc(C#N)ccc43)c(C#N)c2)c1. The van der Waals surface area contributed by atoms with Crippen LogP contribution >= 0.6 is 0 Å². The fraction of sp³-hybridized carbons (Fsp3) is 0. The van der Waals surface area contributed by atoms with Gasteiger partial charge < -0.3 is 9.13 Å². The number of nitriles is 4. The fourth-order valence-corrected chi connectivity index (χ4v) is 7.57. The van der Waals surface area contributed by atoms with Gasteiger partial charge in [0.1, 0.15) is 6.07 Å². The van der Waals surface area contributed by atoms with Crippen LogP contribution in [-0.2, 0) is 0 Å². The van der Waals surface area contributed by atoms with Crippen LogP contribution in [0.1, 0.15) is 22.3 Å². The van der Waals surface area contributed by atoms with Crippen LogP contribution in [0.2, 0.25) is 0 Å². The molecule has 6 nitrogen and oxygen atoms in total. The zero-order valence-corrected chi connectivity index (χ0v) is 27.5. The first-order valence-electron chi connectivity index (χ1n) is 16.7. The van der Waals surface area contributed by atoms with E-state index in [4.69, 9.17) is 0 Å². The number of hydrogen-bond donors (Lipinski definition) is 0. The quantitative estimate of drug-likeness (QED) is 0.187. The molecule has 0 aliphatic heterocycles. The molecule has 0 atom stereocenters. The molecule has 0 N–H and O–H groups in total. The zero-order valence-electron chi connectivity index (χ0n) is 27.5. The summed E-state index contributed by atoms with van der Waals surface area (Å²) in [6.45, 7) is 0. The molecular formula is C46H24N6. The van der Waals surface area contributed by atoms with Gasteiger partial charge >= 0.3 is 0 Å². The van der Waals surface area contributed by atoms with Crippen molar-refractivity contribution >= 4 is 43.6 Å². The van der Waals surface area contributed by atoms with Gasteiger partial charge in [0.05, 0.1) is 68.2 Å². The minimum absolute atomic E-state index is 0.482. The van der Waals surface area contributed by atoms with Crippen molar-refractivity contribution in [2.75, 3.05) is 0 Å². The Hall–Kier alpha value is -7.90. The molecule has 0 amide bonds. The average Bonchev–Trinajstić information content (AvgIpc) is 3.72. The van der Waals surface area contributed by atoms with E-state index in [-0.39, 0.29) is 0 Å². The summed E-state index contributed by atoms with van der Waals surface area (Å²) in [5.74, 6) is 0. The lowest BCUT2D eigenvalue weighted by atomic mass is 9.90. The van der Waals surface area contributed by atoms with Gasteiger partial charge in [0.15, 0.2) is 0 Å². The lowest BCUT2D eigenvalue weighted by molar-refractivity contribution is 1.17. The first-order chi connectivity index (χ1) is 25.6. The number of aromatic nitrogens is 2. The maximum atomic E-state index is 10.7. The lowest BCUT2D eigenvalue weighted by Gasteiger charge is -2.17. The van der Waals surface area contributed by atoms with Gasteiger partial charge in [-0.3, -0.25) is 0 Å². The third-order valence-corrected chi connectivity index (χ3v) is 9.87. The number of nitrogens with zero attached hydrogens (tertiary/aromatic N) is 6. The first-order valence-corrected chi connectivity index (χ1v) is 16.7. The predicted molar refractivity (Wildman–Crippen MR) is 205 cm³/mol. The molecule has 0 fully saturated rings. The van der Waals surface area contributed by atoms with Crippen LogP contribution in [0, 0.1) is 45.3 Å². The van der Waals surface area contributed by atoms with Crippen molar-refractivity contribution in [1.29, 1.82) is 21.0 Å². The van der Waals surface area contributed by atoms with Crippen molar-refractivity contribution in [3.63, 3.8) is 0 Å². The molecular weight excluding hydrogens is 637 g/mol. The predicted octanol–water partition coefficient (Wildman–Crippen LogP) is 10.7. The van der Waals surface area contributed by atoms with Crippen LogP contribution in [0.25, 0.3) is 77.2 Å². The summed E-state index contributed by atoms with van der Waals surface area (Å²) in [6, 6.07) is 56.6. The topological polar surface area (TPSA) is 105 Å². The second-order valence-corrected chi connectivity index (χ2v) is 12.6. The van der Waals surface area contributed by atoms with E-state index < -0.39 is 0 Å². The van der Waals surface area contributed by atoms with Crippen molar-refractivity contribution in [2.24, 2.45) is 0 Å². The molecule has 238 valence electrons. The molecule has 9 rings (SSSR count). The Kier molecular flexibility index (Phi) is 6.91. The van der Waals surface area contributed by atoms with E-state index >= 15 is 0 Å². The number of fused-ring (bicyclic) bond motifs is 6. The van der Waals surface area contributed by atoms with E-state index in [1.165, 1.54) is 0 Å². The van der Waals surface area contributed by atoms with E-state index in [0.29, 0.717) is 22.3 Å². The molecule has 0 aliphatic carbocycles. The summed E-state index contributed by atoms with van der Waals surface area (Å²) in [7, 11) is 0. The third-order valence-electron chi connectivity index (χ3n) is 9.87. The number of rotatable bonds is 4. The molecule has 7 aromatic carbocycles. The molecule has 0 bridgehead atoms. The van der Waals surface area contributed by atoms with Crippen LogP contribution in [0.4, 0.5) is 0 Å². The van der Waals surface area contributed by atoms with Gasteiger partial charge in [-0.15, -0.1) is 0 Å². The van der Waals surface area contributed by atoms with E-state index in [0.717, 1.165) is 77.2 Å². The minimum Gasteiger partial charge on any atom is -0.309 e. The van der Waals surface area contributed by atoms with Gasteiger partial charge in [0.25, 0.3) is 0 Å². The van der Waals surface area contributed by atoms with E-state index in [2.05, 4.69) is 57.7 Å². The molecule has 6 heteroatoms. The molecule has 0 saturated carbocycles. The Labute approximate surface area is 298 Å². The van der Waals surface area contributed by atoms with E-state index in [1.807, 2.05) is 115 Å². The summed E-state index contributed by atoms with van der Waals surface area (Å²) in [4.78, 5) is 0. The summed E-state index contributed by atoms with van der Waals surface area (Å²) in [5.41, 5.74) is 11.0. The van der Waals surface area contributed by atoms with Gasteiger partial charge in [-0.2, -0.15) is 21.0 Å². The molecule has 0 spiro atoms. The smallest absolute Gasteiger partial charge is 0.101 e. The Morgan fingerprint density at radius 1 is 0.365 bits per heavy atom. The van der Waals surface area contributed by atoms with Crippen LogP contribution in [0.15, 0.2) is 146 Å². The number of para-hydroxylation sites is 2. The van der Waals surface area contributed by atoms with Crippen molar-refractivity contribution in [3.8, 4) is 57.9 Å². The van der Waals surface area contributed by atoms with E-state index in [1.54, 1.807) is 6.07 Å². The molecule has 0 unspecified atom stereocenters. The highest BCUT2D eigenvalue weighted by Crippen LogP contribution is 2.40. The van der Waals surface area contributed by atoms with Gasteiger partial charge in [0, 0.05) is 32.8 Å². The normalized spacial score (nSPS) is 11.0. The monoisotopic (exact) mass is 660 g/mol.